The second kappa shape index (κ2) is 4.78. The van der Waals surface area contributed by atoms with Crippen molar-refractivity contribution in [2.24, 2.45) is 0 Å². The standard InChI is InChI=1S/C14H14N2O/c1-2-11-4-5-12(7-13(11)15)14-6-3-10(9-17)8-16-14/h3-9H,2,15H2,1H3. The lowest BCUT2D eigenvalue weighted by Gasteiger charge is -2.06. The molecule has 2 rings (SSSR count). The monoisotopic (exact) mass is 226 g/mol. The molecule has 17 heavy (non-hydrogen) atoms. The number of nitrogens with two attached hydrogens (primary N) is 1. The molecule has 1 aromatic carbocycles. The van der Waals surface area contributed by atoms with Crippen molar-refractivity contribution in [3.8, 4) is 11.3 Å². The van der Waals surface area contributed by atoms with E-state index in [1.165, 1.54) is 0 Å². The maximum atomic E-state index is 10.5. The SMILES string of the molecule is CCc1ccc(-c2ccc(C=O)cn2)cc1N. The highest BCUT2D eigenvalue weighted by Gasteiger charge is 2.03. The number of hydrogen-bond donors (Lipinski definition) is 1. The molecule has 2 N–H and O–H groups in total. The molecule has 0 amide bonds. The van der Waals surface area contributed by atoms with Gasteiger partial charge in [0.2, 0.25) is 0 Å². The van der Waals surface area contributed by atoms with Gasteiger partial charge in [-0.05, 0) is 30.2 Å². The molecule has 3 heteroatoms. The molecular weight excluding hydrogens is 212 g/mol. The number of aromatic nitrogens is 1. The first-order valence-electron chi connectivity index (χ1n) is 5.54. The number of nitrogens with zero attached hydrogens (tertiary/aromatic N) is 1. The van der Waals surface area contributed by atoms with E-state index in [-0.39, 0.29) is 0 Å². The molecule has 3 nitrogen and oxygen atoms in total. The van der Waals surface area contributed by atoms with Gasteiger partial charge in [0.1, 0.15) is 0 Å². The third-order valence-electron chi connectivity index (χ3n) is 2.74. The molecule has 0 fully saturated rings. The van der Waals surface area contributed by atoms with Gasteiger partial charge in [-0.25, -0.2) is 0 Å². The number of aldehydes is 1. The third kappa shape index (κ3) is 2.33. The maximum absolute atomic E-state index is 10.5. The van der Waals surface area contributed by atoms with Gasteiger partial charge >= 0.3 is 0 Å². The minimum atomic E-state index is 0.576. The van der Waals surface area contributed by atoms with Gasteiger partial charge < -0.3 is 5.73 Å². The number of carbonyl (C=O) groups excluding carboxylic acids is 1. The van der Waals surface area contributed by atoms with Crippen molar-refractivity contribution in [3.63, 3.8) is 0 Å². The van der Waals surface area contributed by atoms with E-state index in [0.717, 1.165) is 35.2 Å². The van der Waals surface area contributed by atoms with Crippen molar-refractivity contribution >= 4 is 12.0 Å². The number of benzene rings is 1. The second-order valence-electron chi connectivity index (χ2n) is 3.86. The van der Waals surface area contributed by atoms with E-state index in [4.69, 9.17) is 5.73 Å². The topological polar surface area (TPSA) is 56.0 Å². The minimum Gasteiger partial charge on any atom is -0.398 e. The van der Waals surface area contributed by atoms with Crippen molar-refractivity contribution in [2.75, 3.05) is 5.73 Å². The van der Waals surface area contributed by atoms with Gasteiger partial charge in [-0.2, -0.15) is 0 Å². The van der Waals surface area contributed by atoms with Crippen LogP contribution >= 0.6 is 0 Å². The molecule has 0 aliphatic heterocycles. The van der Waals surface area contributed by atoms with Crippen LogP contribution in [0.5, 0.6) is 0 Å². The Morgan fingerprint density at radius 2 is 2.12 bits per heavy atom. The molecule has 86 valence electrons. The number of carbonyl (C=O) groups is 1. The van der Waals surface area contributed by atoms with Crippen LogP contribution in [0.2, 0.25) is 0 Å². The fraction of sp³-hybridized carbons (Fsp3) is 0.143. The third-order valence-corrected chi connectivity index (χ3v) is 2.74. The number of hydrogen-bond acceptors (Lipinski definition) is 3. The minimum absolute atomic E-state index is 0.576. The number of aryl methyl sites for hydroxylation is 1. The lowest BCUT2D eigenvalue weighted by Crippen LogP contribution is -1.94. The highest BCUT2D eigenvalue weighted by atomic mass is 16.1. The Kier molecular flexibility index (Phi) is 3.19. The number of anilines is 1. The average molecular weight is 226 g/mol. The van der Waals surface area contributed by atoms with Gasteiger partial charge in [0, 0.05) is 23.0 Å². The van der Waals surface area contributed by atoms with E-state index in [1.807, 2.05) is 24.3 Å². The van der Waals surface area contributed by atoms with Gasteiger partial charge in [0.15, 0.2) is 6.29 Å². The van der Waals surface area contributed by atoms with E-state index < -0.39 is 0 Å². The van der Waals surface area contributed by atoms with Crippen LogP contribution in [0, 0.1) is 0 Å². The van der Waals surface area contributed by atoms with Crippen molar-refractivity contribution in [1.29, 1.82) is 0 Å². The summed E-state index contributed by atoms with van der Waals surface area (Å²) in [6.45, 7) is 2.07. The van der Waals surface area contributed by atoms with Gasteiger partial charge in [-0.1, -0.05) is 19.1 Å². The first-order valence-corrected chi connectivity index (χ1v) is 5.54. The van der Waals surface area contributed by atoms with Gasteiger partial charge in [0.05, 0.1) is 5.69 Å². The molecule has 0 saturated heterocycles. The van der Waals surface area contributed by atoms with Crippen molar-refractivity contribution < 1.29 is 4.79 Å². The quantitative estimate of drug-likeness (QED) is 0.646. The van der Waals surface area contributed by atoms with Crippen LogP contribution in [-0.4, -0.2) is 11.3 Å². The molecule has 0 saturated carbocycles. The summed E-state index contributed by atoms with van der Waals surface area (Å²) in [7, 11) is 0. The summed E-state index contributed by atoms with van der Waals surface area (Å²) < 4.78 is 0. The van der Waals surface area contributed by atoms with E-state index >= 15 is 0 Å². The Hall–Kier alpha value is -2.16. The Bertz CT molecular complexity index is 532. The predicted molar refractivity (Wildman–Crippen MR) is 68.9 cm³/mol. The van der Waals surface area contributed by atoms with E-state index in [2.05, 4.69) is 11.9 Å². The van der Waals surface area contributed by atoms with Gasteiger partial charge in [0.25, 0.3) is 0 Å². The molecule has 0 bridgehead atoms. The summed E-state index contributed by atoms with van der Waals surface area (Å²) in [4.78, 5) is 14.8. The molecule has 0 aliphatic rings. The summed E-state index contributed by atoms with van der Waals surface area (Å²) in [6, 6.07) is 9.50. The lowest BCUT2D eigenvalue weighted by atomic mass is 10.0. The zero-order chi connectivity index (χ0) is 12.3. The summed E-state index contributed by atoms with van der Waals surface area (Å²) in [5, 5.41) is 0. The van der Waals surface area contributed by atoms with E-state index in [1.54, 1.807) is 12.3 Å². The Balaban J connectivity index is 2.38. The molecule has 0 unspecified atom stereocenters. The first kappa shape index (κ1) is 11.3. The lowest BCUT2D eigenvalue weighted by molar-refractivity contribution is 0.112. The second-order valence-corrected chi connectivity index (χ2v) is 3.86. The van der Waals surface area contributed by atoms with Crippen molar-refractivity contribution in [2.45, 2.75) is 13.3 Å². The van der Waals surface area contributed by atoms with Crippen LogP contribution in [0.3, 0.4) is 0 Å². The van der Waals surface area contributed by atoms with Crippen LogP contribution in [0.1, 0.15) is 22.8 Å². The molecule has 1 aromatic heterocycles. The molecule has 2 aromatic rings. The fourth-order valence-corrected chi connectivity index (χ4v) is 1.72. The van der Waals surface area contributed by atoms with Crippen LogP contribution in [0.4, 0.5) is 5.69 Å². The number of pyridine rings is 1. The number of rotatable bonds is 3. The Labute approximate surface area is 100 Å². The predicted octanol–water partition coefficient (Wildman–Crippen LogP) is 2.71. The van der Waals surface area contributed by atoms with Crippen LogP contribution in [0.15, 0.2) is 36.5 Å². The molecule has 0 spiro atoms. The van der Waals surface area contributed by atoms with Gasteiger partial charge in [-0.15, -0.1) is 0 Å². The maximum Gasteiger partial charge on any atom is 0.151 e. The summed E-state index contributed by atoms with van der Waals surface area (Å²) >= 11 is 0. The summed E-state index contributed by atoms with van der Waals surface area (Å²) in [6.07, 6.45) is 3.27. The fourth-order valence-electron chi connectivity index (χ4n) is 1.72. The first-order chi connectivity index (χ1) is 8.24. The Morgan fingerprint density at radius 3 is 2.65 bits per heavy atom. The number of nitrogen functional groups attached to an aromatic ring is 1. The molecule has 1 heterocycles. The normalized spacial score (nSPS) is 10.2. The van der Waals surface area contributed by atoms with Crippen molar-refractivity contribution in [3.05, 3.63) is 47.7 Å². The van der Waals surface area contributed by atoms with Crippen LogP contribution in [-0.2, 0) is 6.42 Å². The summed E-state index contributed by atoms with van der Waals surface area (Å²) in [5.41, 5.74) is 10.2. The smallest absolute Gasteiger partial charge is 0.151 e. The van der Waals surface area contributed by atoms with E-state index in [9.17, 15) is 4.79 Å². The molecule has 0 aliphatic carbocycles. The highest BCUT2D eigenvalue weighted by Crippen LogP contribution is 2.22. The Morgan fingerprint density at radius 1 is 1.29 bits per heavy atom. The van der Waals surface area contributed by atoms with Crippen LogP contribution in [0.25, 0.3) is 11.3 Å². The zero-order valence-corrected chi connectivity index (χ0v) is 9.68. The largest absolute Gasteiger partial charge is 0.398 e. The van der Waals surface area contributed by atoms with Crippen molar-refractivity contribution in [1.82, 2.24) is 4.98 Å². The average Bonchev–Trinajstić information content (AvgIpc) is 2.39. The van der Waals surface area contributed by atoms with E-state index in [0.29, 0.717) is 5.56 Å². The van der Waals surface area contributed by atoms with Gasteiger partial charge in [-0.3, -0.25) is 9.78 Å². The van der Waals surface area contributed by atoms with Crippen LogP contribution < -0.4 is 5.73 Å². The molecular formula is C14H14N2O. The molecule has 0 radical (unpaired) electrons. The zero-order valence-electron chi connectivity index (χ0n) is 9.68. The highest BCUT2D eigenvalue weighted by molar-refractivity contribution is 5.75. The molecule has 0 atom stereocenters. The summed E-state index contributed by atoms with van der Waals surface area (Å²) in [5.74, 6) is 0.